The van der Waals surface area contributed by atoms with Gasteiger partial charge in [-0.05, 0) is 46.0 Å². The van der Waals surface area contributed by atoms with Gasteiger partial charge in [0.1, 0.15) is 11.0 Å². The Bertz CT molecular complexity index is 452. The number of hydrazine groups is 1. The van der Waals surface area contributed by atoms with Crippen molar-refractivity contribution in [2.45, 2.75) is 26.3 Å². The summed E-state index contributed by atoms with van der Waals surface area (Å²) >= 11 is 5.82. The molecule has 0 radical (unpaired) electrons. The lowest BCUT2D eigenvalue weighted by atomic mass is 10.2. The molecule has 0 atom stereocenters. The van der Waals surface area contributed by atoms with Crippen molar-refractivity contribution in [1.29, 1.82) is 0 Å². The summed E-state index contributed by atoms with van der Waals surface area (Å²) < 4.78 is 0. The second-order valence-electron chi connectivity index (χ2n) is 4.89. The van der Waals surface area contributed by atoms with Gasteiger partial charge < -0.3 is 15.6 Å². The molecule has 4 N–H and O–H groups in total. The third kappa shape index (κ3) is 5.32. The van der Waals surface area contributed by atoms with E-state index in [0.717, 1.165) is 13.0 Å². The van der Waals surface area contributed by atoms with Crippen LogP contribution >= 0.6 is 11.6 Å². The number of hydrogen-bond acceptors (Lipinski definition) is 5. The van der Waals surface area contributed by atoms with E-state index >= 15 is 0 Å². The Labute approximate surface area is 124 Å². The first-order chi connectivity index (χ1) is 9.43. The zero-order chi connectivity index (χ0) is 15.1. The SMILES string of the molecule is CC(C)N(C)CCCNC(=O)c1cc(Cl)nc(NN)c1. The molecule has 7 heteroatoms. The molecule has 0 saturated carbocycles. The lowest BCUT2D eigenvalue weighted by molar-refractivity contribution is 0.0951. The molecule has 1 aromatic rings. The Hall–Kier alpha value is -1.37. The third-order valence-corrected chi connectivity index (χ3v) is 3.25. The maximum Gasteiger partial charge on any atom is 0.251 e. The topological polar surface area (TPSA) is 83.3 Å². The summed E-state index contributed by atoms with van der Waals surface area (Å²) in [6.07, 6.45) is 0.890. The zero-order valence-corrected chi connectivity index (χ0v) is 12.9. The summed E-state index contributed by atoms with van der Waals surface area (Å²) in [4.78, 5) is 18.1. The molecule has 0 unspecified atom stereocenters. The Morgan fingerprint density at radius 1 is 1.50 bits per heavy atom. The first-order valence-electron chi connectivity index (χ1n) is 6.56. The average molecular weight is 300 g/mol. The van der Waals surface area contributed by atoms with E-state index in [-0.39, 0.29) is 11.1 Å². The number of nitrogens with one attached hydrogen (secondary N) is 2. The maximum absolute atomic E-state index is 12.0. The maximum atomic E-state index is 12.0. The molecule has 6 nitrogen and oxygen atoms in total. The molecule has 20 heavy (non-hydrogen) atoms. The van der Waals surface area contributed by atoms with Gasteiger partial charge in [-0.3, -0.25) is 4.79 Å². The average Bonchev–Trinajstić information content (AvgIpc) is 2.42. The molecule has 0 aliphatic rings. The van der Waals surface area contributed by atoms with E-state index < -0.39 is 0 Å². The van der Waals surface area contributed by atoms with Gasteiger partial charge >= 0.3 is 0 Å². The van der Waals surface area contributed by atoms with Crippen molar-refractivity contribution in [2.24, 2.45) is 5.84 Å². The molecule has 1 aromatic heterocycles. The van der Waals surface area contributed by atoms with Gasteiger partial charge in [0.25, 0.3) is 5.91 Å². The minimum atomic E-state index is -0.182. The second kappa shape index (κ2) is 8.04. The van der Waals surface area contributed by atoms with Gasteiger partial charge in [-0.15, -0.1) is 0 Å². The van der Waals surface area contributed by atoms with Gasteiger partial charge in [0, 0.05) is 18.2 Å². The highest BCUT2D eigenvalue weighted by Crippen LogP contribution is 2.13. The third-order valence-electron chi connectivity index (χ3n) is 3.06. The molecular formula is C13H22ClN5O. The van der Waals surface area contributed by atoms with Gasteiger partial charge in [-0.2, -0.15) is 0 Å². The van der Waals surface area contributed by atoms with E-state index in [9.17, 15) is 4.79 Å². The molecule has 0 spiro atoms. The van der Waals surface area contributed by atoms with Crippen LogP contribution in [0.4, 0.5) is 5.82 Å². The molecule has 0 bridgehead atoms. The predicted octanol–water partition coefficient (Wildman–Crippen LogP) is 1.48. The fourth-order valence-electron chi connectivity index (χ4n) is 1.59. The molecule has 0 aliphatic heterocycles. The van der Waals surface area contributed by atoms with Crippen molar-refractivity contribution in [1.82, 2.24) is 15.2 Å². The van der Waals surface area contributed by atoms with Crippen LogP contribution in [0.2, 0.25) is 5.15 Å². The Kier molecular flexibility index (Phi) is 6.70. The number of hydrogen-bond donors (Lipinski definition) is 3. The molecule has 0 aromatic carbocycles. The molecule has 0 saturated heterocycles. The normalized spacial score (nSPS) is 10.9. The molecule has 1 amide bonds. The van der Waals surface area contributed by atoms with Crippen LogP contribution < -0.4 is 16.6 Å². The van der Waals surface area contributed by atoms with Crippen molar-refractivity contribution in [3.05, 3.63) is 22.8 Å². The standard InChI is InChI=1S/C13H22ClN5O/c1-9(2)19(3)6-4-5-16-13(20)10-7-11(14)17-12(8-10)18-15/h7-9H,4-6,15H2,1-3H3,(H,16,20)(H,17,18). The number of amides is 1. The van der Waals surface area contributed by atoms with Crippen molar-refractivity contribution >= 4 is 23.3 Å². The fraction of sp³-hybridized carbons (Fsp3) is 0.538. The van der Waals surface area contributed by atoms with Crippen LogP contribution in [0.15, 0.2) is 12.1 Å². The first-order valence-corrected chi connectivity index (χ1v) is 6.94. The second-order valence-corrected chi connectivity index (χ2v) is 5.28. The number of carbonyl (C=O) groups is 1. The van der Waals surface area contributed by atoms with E-state index in [4.69, 9.17) is 17.4 Å². The van der Waals surface area contributed by atoms with Crippen LogP contribution in [-0.4, -0.2) is 42.0 Å². The molecule has 1 heterocycles. The number of rotatable bonds is 7. The van der Waals surface area contributed by atoms with Crippen molar-refractivity contribution in [3.8, 4) is 0 Å². The lowest BCUT2D eigenvalue weighted by Gasteiger charge is -2.20. The number of nitrogen functional groups attached to an aromatic ring is 1. The largest absolute Gasteiger partial charge is 0.352 e. The Morgan fingerprint density at radius 3 is 2.80 bits per heavy atom. The summed E-state index contributed by atoms with van der Waals surface area (Å²) in [6, 6.07) is 3.57. The molecule has 1 rings (SSSR count). The summed E-state index contributed by atoms with van der Waals surface area (Å²) in [5.41, 5.74) is 2.82. The number of pyridine rings is 1. The van der Waals surface area contributed by atoms with Crippen LogP contribution in [0.25, 0.3) is 0 Å². The smallest absolute Gasteiger partial charge is 0.251 e. The number of nitrogens with two attached hydrogens (primary N) is 1. The van der Waals surface area contributed by atoms with Crippen LogP contribution in [0.3, 0.4) is 0 Å². The number of nitrogens with zero attached hydrogens (tertiary/aromatic N) is 2. The van der Waals surface area contributed by atoms with Gasteiger partial charge in [0.2, 0.25) is 0 Å². The van der Waals surface area contributed by atoms with E-state index in [0.29, 0.717) is 24.0 Å². The van der Waals surface area contributed by atoms with E-state index in [2.05, 4.69) is 41.5 Å². The quantitative estimate of drug-likeness (QED) is 0.307. The lowest BCUT2D eigenvalue weighted by Crippen LogP contribution is -2.31. The van der Waals surface area contributed by atoms with Crippen molar-refractivity contribution in [3.63, 3.8) is 0 Å². The summed E-state index contributed by atoms with van der Waals surface area (Å²) in [5, 5.41) is 3.08. The number of aromatic nitrogens is 1. The minimum absolute atomic E-state index is 0.182. The van der Waals surface area contributed by atoms with Crippen LogP contribution in [0.5, 0.6) is 0 Å². The Morgan fingerprint density at radius 2 is 2.20 bits per heavy atom. The van der Waals surface area contributed by atoms with Crippen LogP contribution in [-0.2, 0) is 0 Å². The predicted molar refractivity (Wildman–Crippen MR) is 81.8 cm³/mol. The van der Waals surface area contributed by atoms with Crippen LogP contribution in [0.1, 0.15) is 30.6 Å². The number of carbonyl (C=O) groups excluding carboxylic acids is 1. The van der Waals surface area contributed by atoms with Crippen molar-refractivity contribution in [2.75, 3.05) is 25.6 Å². The monoisotopic (exact) mass is 299 g/mol. The fourth-order valence-corrected chi connectivity index (χ4v) is 1.80. The van der Waals surface area contributed by atoms with Crippen molar-refractivity contribution < 1.29 is 4.79 Å². The van der Waals surface area contributed by atoms with Gasteiger partial charge in [-0.25, -0.2) is 10.8 Å². The first kappa shape index (κ1) is 16.7. The van der Waals surface area contributed by atoms with E-state index in [1.54, 1.807) is 6.07 Å². The highest BCUT2D eigenvalue weighted by Gasteiger charge is 2.09. The molecular weight excluding hydrogens is 278 g/mol. The van der Waals surface area contributed by atoms with Gasteiger partial charge in [-0.1, -0.05) is 11.6 Å². The molecule has 0 fully saturated rings. The number of halogens is 1. The summed E-state index contributed by atoms with van der Waals surface area (Å²) in [7, 11) is 2.06. The molecule has 112 valence electrons. The van der Waals surface area contributed by atoms with Gasteiger partial charge in [0.05, 0.1) is 0 Å². The van der Waals surface area contributed by atoms with E-state index in [1.807, 2.05) is 0 Å². The number of anilines is 1. The highest BCUT2D eigenvalue weighted by atomic mass is 35.5. The molecule has 0 aliphatic carbocycles. The summed E-state index contributed by atoms with van der Waals surface area (Å²) in [5.74, 6) is 5.44. The highest BCUT2D eigenvalue weighted by molar-refractivity contribution is 6.29. The van der Waals surface area contributed by atoms with Gasteiger partial charge in [0.15, 0.2) is 0 Å². The van der Waals surface area contributed by atoms with E-state index in [1.165, 1.54) is 6.07 Å². The van der Waals surface area contributed by atoms with Crippen LogP contribution in [0, 0.1) is 0 Å². The zero-order valence-electron chi connectivity index (χ0n) is 12.1. The Balaban J connectivity index is 2.45. The summed E-state index contributed by atoms with van der Waals surface area (Å²) in [6.45, 7) is 5.82. The minimum Gasteiger partial charge on any atom is -0.352 e.